The van der Waals surface area contributed by atoms with Gasteiger partial charge in [0.1, 0.15) is 36.6 Å². The van der Waals surface area contributed by atoms with Gasteiger partial charge in [0.05, 0.1) is 31.5 Å². The van der Waals surface area contributed by atoms with Crippen LogP contribution in [0.3, 0.4) is 0 Å². The molecule has 4 aliphatic carbocycles. The maximum absolute atomic E-state index is 8.11. The van der Waals surface area contributed by atoms with Crippen LogP contribution in [0.15, 0.2) is 30.3 Å². The predicted octanol–water partition coefficient (Wildman–Crippen LogP) is 21.5. The van der Waals surface area contributed by atoms with Crippen molar-refractivity contribution in [1.82, 2.24) is 0 Å². The van der Waals surface area contributed by atoms with Crippen molar-refractivity contribution in [1.29, 1.82) is 0 Å². The van der Waals surface area contributed by atoms with E-state index in [9.17, 15) is 0 Å². The van der Waals surface area contributed by atoms with Crippen molar-refractivity contribution in [3.8, 4) is 0 Å². The summed E-state index contributed by atoms with van der Waals surface area (Å²) in [6.45, 7) is 74.2. The lowest BCUT2D eigenvalue weighted by Gasteiger charge is -2.61. The number of rotatable bonds is 23. The molecule has 0 N–H and O–H groups in total. The topological polar surface area (TPSA) is 92.3 Å². The average Bonchev–Trinajstić information content (AvgIpc) is 1.71. The first kappa shape index (κ1) is 78.2. The Kier molecular flexibility index (Phi) is 24.5. The molecule has 0 radical (unpaired) electrons. The quantitative estimate of drug-likeness (QED) is 0.0779. The van der Waals surface area contributed by atoms with Gasteiger partial charge in [0.25, 0.3) is 0 Å². The molecule has 0 spiro atoms. The zero-order valence-electron chi connectivity index (χ0n) is 64.8. The van der Waals surface area contributed by atoms with Crippen molar-refractivity contribution in [2.75, 3.05) is 6.61 Å². The van der Waals surface area contributed by atoms with Gasteiger partial charge in [0.2, 0.25) is 0 Å². The van der Waals surface area contributed by atoms with Crippen LogP contribution in [0.1, 0.15) is 228 Å². The number of ether oxygens (including phenoxy) is 5. The second kappa shape index (κ2) is 28.5. The lowest BCUT2D eigenvalue weighted by molar-refractivity contribution is -0.370. The van der Waals surface area contributed by atoms with Gasteiger partial charge in [-0.1, -0.05) is 188 Å². The summed E-state index contributed by atoms with van der Waals surface area (Å²) in [7, 11) is -12.5. The van der Waals surface area contributed by atoms with Gasteiger partial charge in [0, 0.05) is 0 Å². The molecule has 19 atom stereocenters. The summed E-state index contributed by atoms with van der Waals surface area (Å²) in [5, 5.41) is -0.469. The first-order chi connectivity index (χ1) is 41.4. The molecule has 0 amide bonds. The van der Waals surface area contributed by atoms with E-state index in [0.29, 0.717) is 24.5 Å². The van der Waals surface area contributed by atoms with Crippen LogP contribution in [0.4, 0.5) is 0 Å². The number of fused-ring (bicyclic) bond motifs is 5. The SMILES string of the molecule is CC(C)CCC[C@@H](C)[C@H]1CC[C@H]2[C@@H]3CC[C@H]4C[C@@H](O[C@@H]5O[C@H](CO[Si](C)(C)C(C)(C)C)[C@@H](O[Si](C)(C)C(C)(C)C)[C@H](O[Si](C)(C)C(C)(C)C)[C@H]5O[C@@H]5O[C@@H](C)[C@H](O[Si](C)(C)C(C)(C)C)[C@@H](O[Si](C)(C)C(C)(C)C)[C@H]5OCc5ccccc5)CC[C@]4(C)[C@H]3CC[C@]12C. The zero-order valence-corrected chi connectivity index (χ0v) is 69.8. The van der Waals surface area contributed by atoms with Gasteiger partial charge in [-0.3, -0.25) is 0 Å². The Morgan fingerprint density at radius 3 is 1.52 bits per heavy atom. The van der Waals surface area contributed by atoms with Crippen molar-refractivity contribution in [3.05, 3.63) is 35.9 Å². The fourth-order valence-corrected chi connectivity index (χ4v) is 22.4. The van der Waals surface area contributed by atoms with Crippen LogP contribution < -0.4 is 0 Å². The van der Waals surface area contributed by atoms with Gasteiger partial charge in [-0.15, -0.1) is 0 Å². The molecule has 4 saturated carbocycles. The van der Waals surface area contributed by atoms with E-state index in [4.69, 9.17) is 45.8 Å². The van der Waals surface area contributed by atoms with E-state index >= 15 is 0 Å². The molecule has 6 aliphatic rings. The lowest BCUT2D eigenvalue weighted by Crippen LogP contribution is -2.70. The van der Waals surface area contributed by atoms with Crippen LogP contribution in [0.25, 0.3) is 0 Å². The Morgan fingerprint density at radius 1 is 0.505 bits per heavy atom. The molecule has 10 nitrogen and oxygen atoms in total. The average molecular weight is 1360 g/mol. The fraction of sp³-hybridized carbons (Fsp3) is 0.921. The summed E-state index contributed by atoms with van der Waals surface area (Å²) in [6, 6.07) is 10.5. The first-order valence-corrected chi connectivity index (χ1v) is 51.5. The van der Waals surface area contributed by atoms with Gasteiger partial charge < -0.3 is 45.8 Å². The van der Waals surface area contributed by atoms with Crippen molar-refractivity contribution in [3.63, 3.8) is 0 Å². The van der Waals surface area contributed by atoms with Crippen molar-refractivity contribution in [2.24, 2.45) is 52.3 Å². The summed E-state index contributed by atoms with van der Waals surface area (Å²) >= 11 is 0. The highest BCUT2D eigenvalue weighted by molar-refractivity contribution is 6.76. The minimum atomic E-state index is -2.66. The minimum absolute atomic E-state index is 0.0230. The van der Waals surface area contributed by atoms with Gasteiger partial charge in [0.15, 0.2) is 54.2 Å². The number of hydrogen-bond acceptors (Lipinski definition) is 10. The van der Waals surface area contributed by atoms with Gasteiger partial charge in [-0.25, -0.2) is 0 Å². The third kappa shape index (κ3) is 17.4. The van der Waals surface area contributed by atoms with E-state index in [0.717, 1.165) is 53.9 Å². The Labute approximate surface area is 566 Å². The van der Waals surface area contributed by atoms with Crippen molar-refractivity contribution >= 4 is 41.6 Å². The Hall–Kier alpha value is -0.0956. The molecule has 91 heavy (non-hydrogen) atoms. The third-order valence-electron chi connectivity index (χ3n) is 27.4. The fourth-order valence-electron chi connectivity index (χ4n) is 16.2. The molecule has 0 bridgehead atoms. The molecule has 6 fully saturated rings. The molecule has 0 aromatic heterocycles. The van der Waals surface area contributed by atoms with E-state index in [1.54, 1.807) is 0 Å². The molecular weight excluding hydrogens is 1210 g/mol. The summed E-state index contributed by atoms with van der Waals surface area (Å²) in [5.74, 6) is 5.47. The molecule has 2 saturated heterocycles. The first-order valence-electron chi connectivity index (χ1n) is 37.0. The van der Waals surface area contributed by atoms with E-state index in [1.807, 2.05) is 0 Å². The van der Waals surface area contributed by atoms with Crippen molar-refractivity contribution in [2.45, 2.75) is 387 Å². The van der Waals surface area contributed by atoms with Crippen LogP contribution in [-0.4, -0.2) is 116 Å². The molecule has 528 valence electrons. The Morgan fingerprint density at radius 2 is 0.989 bits per heavy atom. The molecule has 15 heteroatoms. The minimum Gasteiger partial charge on any atom is -0.414 e. The summed E-state index contributed by atoms with van der Waals surface area (Å²) in [4.78, 5) is 0. The monoisotopic (exact) mass is 1360 g/mol. The number of benzene rings is 1. The van der Waals surface area contributed by atoms with Gasteiger partial charge in [-0.05, 0) is 213 Å². The highest BCUT2D eigenvalue weighted by atomic mass is 28.4. The molecule has 2 heterocycles. The molecular formula is C76H144O10Si5. The maximum atomic E-state index is 8.11. The van der Waals surface area contributed by atoms with Crippen LogP contribution in [-0.2, 0) is 52.4 Å². The van der Waals surface area contributed by atoms with Gasteiger partial charge in [-0.2, -0.15) is 0 Å². The van der Waals surface area contributed by atoms with E-state index < -0.39 is 103 Å². The highest BCUT2D eigenvalue weighted by Gasteiger charge is 2.63. The van der Waals surface area contributed by atoms with Gasteiger partial charge >= 0.3 is 0 Å². The summed E-state index contributed by atoms with van der Waals surface area (Å²) in [5.41, 5.74) is 1.81. The molecule has 2 aliphatic heterocycles. The normalized spacial score (nSPS) is 35.6. The second-order valence-corrected chi connectivity index (χ2v) is 63.1. The van der Waals surface area contributed by atoms with Crippen molar-refractivity contribution < 1.29 is 45.8 Å². The van der Waals surface area contributed by atoms with E-state index in [2.05, 4.69) is 241 Å². The highest BCUT2D eigenvalue weighted by Crippen LogP contribution is 2.69. The predicted molar refractivity (Wildman–Crippen MR) is 392 cm³/mol. The standard InChI is InChI=1S/C76H144O10Si5/c1-51(2)36-35-37-52(3)58-42-43-59-57-41-40-55-48-56(44-46-75(55,20)60(57)45-47-76(58,59)21)80-69-67(65(86-91(30,31)74(17,18)19)63(84-89(26,27)72(11,12)13)61(81-69)50-78-87(22,23)70(5,6)7)82-68-66(77-49-54-38-33-32-34-39-54)64(85-90(28,29)73(14,15)16)62(53(4)79-68)83-88(24,25)71(8,9)10/h32-34,38-39,51-53,55-69H,35-37,40-50H2,1-31H3/t52-,53+,55+,56+,57+,58-,59+,60+,61-,62+,63-,64-,65+,66-,67-,68+,69-,75+,76-/m1/s1. The third-order valence-corrected chi connectivity index (χ3v) is 49.8. The second-order valence-electron chi connectivity index (χ2n) is 39.3. The summed E-state index contributed by atoms with van der Waals surface area (Å²) < 4.78 is 77.7. The maximum Gasteiger partial charge on any atom is 0.192 e. The van der Waals surface area contributed by atoms with E-state index in [-0.39, 0.29) is 36.7 Å². The Bertz CT molecular complexity index is 2470. The summed E-state index contributed by atoms with van der Waals surface area (Å²) in [6.07, 6.45) is 9.18. The van der Waals surface area contributed by atoms with Crippen LogP contribution in [0, 0.1) is 52.3 Å². The molecule has 1 aromatic rings. The lowest BCUT2D eigenvalue weighted by atomic mass is 9.44. The molecule has 1 aromatic carbocycles. The Balaban J connectivity index is 1.34. The van der Waals surface area contributed by atoms with Crippen LogP contribution in [0.2, 0.25) is 90.7 Å². The molecule has 7 rings (SSSR count). The largest absolute Gasteiger partial charge is 0.414 e. The smallest absolute Gasteiger partial charge is 0.192 e. The van der Waals surface area contributed by atoms with E-state index in [1.165, 1.54) is 64.2 Å². The van der Waals surface area contributed by atoms with Crippen LogP contribution >= 0.6 is 0 Å². The zero-order chi connectivity index (χ0) is 68.5. The van der Waals surface area contributed by atoms with Crippen LogP contribution in [0.5, 0.6) is 0 Å². The number of hydrogen-bond donors (Lipinski definition) is 0. The molecule has 0 unspecified atom stereocenters.